The van der Waals surface area contributed by atoms with E-state index in [-0.39, 0.29) is 5.75 Å². The van der Waals surface area contributed by atoms with Crippen LogP contribution in [0.2, 0.25) is 0 Å². The molecule has 4 rings (SSSR count). The lowest BCUT2D eigenvalue weighted by Gasteiger charge is -2.23. The zero-order valence-corrected chi connectivity index (χ0v) is 16.5. The van der Waals surface area contributed by atoms with E-state index in [0.717, 1.165) is 35.1 Å². The number of hydrogen-bond donors (Lipinski definition) is 1. The molecule has 0 radical (unpaired) electrons. The van der Waals surface area contributed by atoms with Crippen molar-refractivity contribution in [3.8, 4) is 5.75 Å². The number of nitrogens with zero attached hydrogens (tertiary/aromatic N) is 2. The molecule has 0 saturated heterocycles. The molecule has 0 amide bonds. The highest BCUT2D eigenvalue weighted by Gasteiger charge is 2.06. The Hall–Kier alpha value is -3.59. The molecule has 0 unspecified atom stereocenters. The van der Waals surface area contributed by atoms with Crippen molar-refractivity contribution in [1.82, 2.24) is 0 Å². The molecule has 0 aliphatic carbocycles. The highest BCUT2D eigenvalue weighted by Crippen LogP contribution is 2.31. The first-order valence-corrected chi connectivity index (χ1v) is 9.88. The normalized spacial score (nSPS) is 11.2. The first-order chi connectivity index (χ1) is 14.2. The molecule has 3 nitrogen and oxygen atoms in total. The fourth-order valence-electron chi connectivity index (χ4n) is 3.49. The summed E-state index contributed by atoms with van der Waals surface area (Å²) in [6, 6.07) is 30.3. The average Bonchev–Trinajstić information content (AvgIpc) is 2.77. The second-order valence-electron chi connectivity index (χ2n) is 7.00. The van der Waals surface area contributed by atoms with Crippen LogP contribution < -0.4 is 4.90 Å². The lowest BCUT2D eigenvalue weighted by molar-refractivity contribution is 0.481. The molecule has 29 heavy (non-hydrogen) atoms. The van der Waals surface area contributed by atoms with Crippen LogP contribution in [0.15, 0.2) is 96.0 Å². The Morgan fingerprint density at radius 3 is 2.28 bits per heavy atom. The maximum Gasteiger partial charge on any atom is 0.123 e. The highest BCUT2D eigenvalue weighted by atomic mass is 16.3. The van der Waals surface area contributed by atoms with Crippen molar-refractivity contribution in [2.75, 3.05) is 11.4 Å². The van der Waals surface area contributed by atoms with Gasteiger partial charge in [-0.2, -0.15) is 0 Å². The van der Waals surface area contributed by atoms with Gasteiger partial charge in [-0.3, -0.25) is 4.99 Å². The Bertz CT molecular complexity index is 1120. The van der Waals surface area contributed by atoms with Gasteiger partial charge in [0.25, 0.3) is 0 Å². The number of aliphatic imine (C=N–C) groups is 1. The molecule has 0 aliphatic heterocycles. The van der Waals surface area contributed by atoms with Crippen molar-refractivity contribution in [2.45, 2.75) is 13.5 Å². The van der Waals surface area contributed by atoms with E-state index in [9.17, 15) is 5.11 Å². The van der Waals surface area contributed by atoms with Crippen LogP contribution in [0.25, 0.3) is 10.8 Å². The minimum absolute atomic E-state index is 0.280. The third-order valence-corrected chi connectivity index (χ3v) is 5.08. The van der Waals surface area contributed by atoms with Gasteiger partial charge in [-0.25, -0.2) is 0 Å². The van der Waals surface area contributed by atoms with Gasteiger partial charge in [0.05, 0.1) is 5.69 Å². The molecule has 1 N–H and O–H groups in total. The van der Waals surface area contributed by atoms with Gasteiger partial charge in [-0.05, 0) is 42.3 Å². The van der Waals surface area contributed by atoms with E-state index in [4.69, 9.17) is 0 Å². The Balaban J connectivity index is 1.53. The second kappa shape index (κ2) is 8.61. The zero-order chi connectivity index (χ0) is 20.1. The SMILES string of the molecule is CCN(Cc1ccccc1)c1ccc(C=Nc2cccc3c(O)cccc23)cc1. The summed E-state index contributed by atoms with van der Waals surface area (Å²) in [4.78, 5) is 7.01. The number of rotatable bonds is 6. The van der Waals surface area contributed by atoms with Crippen LogP contribution >= 0.6 is 0 Å². The number of hydrogen-bond acceptors (Lipinski definition) is 3. The smallest absolute Gasteiger partial charge is 0.123 e. The summed E-state index contributed by atoms with van der Waals surface area (Å²) in [5.41, 5.74) is 4.39. The van der Waals surface area contributed by atoms with Gasteiger partial charge in [0.1, 0.15) is 5.75 Å². The van der Waals surface area contributed by atoms with E-state index in [1.807, 2.05) is 42.6 Å². The van der Waals surface area contributed by atoms with Crippen LogP contribution in [0.3, 0.4) is 0 Å². The van der Waals surface area contributed by atoms with Crippen LogP contribution in [0.1, 0.15) is 18.1 Å². The van der Waals surface area contributed by atoms with E-state index >= 15 is 0 Å². The van der Waals surface area contributed by atoms with Crippen molar-refractivity contribution < 1.29 is 5.11 Å². The monoisotopic (exact) mass is 380 g/mol. The first kappa shape index (κ1) is 18.8. The van der Waals surface area contributed by atoms with E-state index in [1.54, 1.807) is 6.07 Å². The van der Waals surface area contributed by atoms with Gasteiger partial charge >= 0.3 is 0 Å². The summed E-state index contributed by atoms with van der Waals surface area (Å²) >= 11 is 0. The van der Waals surface area contributed by atoms with Crippen molar-refractivity contribution in [1.29, 1.82) is 0 Å². The quantitative estimate of drug-likeness (QED) is 0.397. The minimum Gasteiger partial charge on any atom is -0.507 e. The van der Waals surface area contributed by atoms with Crippen molar-refractivity contribution >= 4 is 28.4 Å². The Kier molecular flexibility index (Phi) is 5.57. The fraction of sp³-hybridized carbons (Fsp3) is 0.115. The van der Waals surface area contributed by atoms with Gasteiger partial charge in [0, 0.05) is 35.8 Å². The lowest BCUT2D eigenvalue weighted by Crippen LogP contribution is -2.21. The number of benzene rings is 4. The molecule has 4 aromatic rings. The Morgan fingerprint density at radius 1 is 0.793 bits per heavy atom. The molecule has 0 aromatic heterocycles. The third-order valence-electron chi connectivity index (χ3n) is 5.08. The molecular weight excluding hydrogens is 356 g/mol. The van der Waals surface area contributed by atoms with Gasteiger partial charge in [0.15, 0.2) is 0 Å². The van der Waals surface area contributed by atoms with E-state index in [2.05, 4.69) is 65.3 Å². The Labute approximate surface area is 171 Å². The van der Waals surface area contributed by atoms with Crippen LogP contribution in [0, 0.1) is 0 Å². The fourth-order valence-corrected chi connectivity index (χ4v) is 3.49. The number of phenols is 1. The molecule has 0 atom stereocenters. The van der Waals surface area contributed by atoms with Crippen molar-refractivity contribution in [3.63, 3.8) is 0 Å². The second-order valence-corrected chi connectivity index (χ2v) is 7.00. The molecule has 4 aromatic carbocycles. The lowest BCUT2D eigenvalue weighted by atomic mass is 10.1. The first-order valence-electron chi connectivity index (χ1n) is 9.88. The molecule has 0 bridgehead atoms. The molecule has 3 heteroatoms. The van der Waals surface area contributed by atoms with Gasteiger partial charge in [0.2, 0.25) is 0 Å². The maximum absolute atomic E-state index is 10.0. The summed E-state index contributed by atoms with van der Waals surface area (Å²) in [5.74, 6) is 0.280. The summed E-state index contributed by atoms with van der Waals surface area (Å²) < 4.78 is 0. The minimum atomic E-state index is 0.280. The summed E-state index contributed by atoms with van der Waals surface area (Å²) in [6.45, 7) is 4.01. The summed E-state index contributed by atoms with van der Waals surface area (Å²) in [6.07, 6.45) is 1.87. The van der Waals surface area contributed by atoms with Crippen LogP contribution in [0.5, 0.6) is 5.75 Å². The summed E-state index contributed by atoms with van der Waals surface area (Å²) in [7, 11) is 0. The molecule has 0 fully saturated rings. The molecule has 0 aliphatic rings. The van der Waals surface area contributed by atoms with E-state index in [1.165, 1.54) is 11.3 Å². The summed E-state index contributed by atoms with van der Waals surface area (Å²) in [5, 5.41) is 11.8. The largest absolute Gasteiger partial charge is 0.507 e. The Morgan fingerprint density at radius 2 is 1.52 bits per heavy atom. The maximum atomic E-state index is 10.0. The standard InChI is InChI=1S/C26H24N2O/c1-2-28(19-21-8-4-3-5-9-21)22-16-14-20(15-17-22)18-27-25-12-6-11-24-23(25)10-7-13-26(24)29/h3-18,29H,2,19H2,1H3. The van der Waals surface area contributed by atoms with Gasteiger partial charge < -0.3 is 10.0 Å². The third kappa shape index (κ3) is 4.30. The highest BCUT2D eigenvalue weighted by molar-refractivity contribution is 5.98. The van der Waals surface area contributed by atoms with Crippen LogP contribution in [-0.2, 0) is 6.54 Å². The van der Waals surface area contributed by atoms with Gasteiger partial charge in [-0.1, -0.05) is 66.7 Å². The molecular formula is C26H24N2O. The van der Waals surface area contributed by atoms with E-state index in [0.29, 0.717) is 0 Å². The number of phenolic OH excluding ortho intramolecular Hbond substituents is 1. The van der Waals surface area contributed by atoms with Crippen molar-refractivity contribution in [3.05, 3.63) is 102 Å². The topological polar surface area (TPSA) is 35.8 Å². The predicted molar refractivity (Wildman–Crippen MR) is 122 cm³/mol. The number of aromatic hydroxyl groups is 1. The molecule has 0 heterocycles. The average molecular weight is 380 g/mol. The van der Waals surface area contributed by atoms with Gasteiger partial charge in [-0.15, -0.1) is 0 Å². The molecule has 144 valence electrons. The molecule has 0 saturated carbocycles. The zero-order valence-electron chi connectivity index (χ0n) is 16.5. The number of anilines is 1. The van der Waals surface area contributed by atoms with Crippen molar-refractivity contribution in [2.24, 2.45) is 4.99 Å². The predicted octanol–water partition coefficient (Wildman–Crippen LogP) is 6.32. The van der Waals surface area contributed by atoms with Crippen LogP contribution in [-0.4, -0.2) is 17.9 Å². The molecule has 0 spiro atoms. The van der Waals surface area contributed by atoms with Crippen LogP contribution in [0.4, 0.5) is 11.4 Å². The van der Waals surface area contributed by atoms with E-state index < -0.39 is 0 Å². The number of fused-ring (bicyclic) bond motifs is 1.